The predicted molar refractivity (Wildman–Crippen MR) is 83.4 cm³/mol. The monoisotopic (exact) mass is 338 g/mol. The van der Waals surface area contributed by atoms with Crippen molar-refractivity contribution in [2.45, 2.75) is 43.5 Å². The number of halogens is 1. The summed E-state index contributed by atoms with van der Waals surface area (Å²) in [6.45, 7) is 1.09. The van der Waals surface area contributed by atoms with Gasteiger partial charge in [0.15, 0.2) is 0 Å². The van der Waals surface area contributed by atoms with Gasteiger partial charge in [0.1, 0.15) is 0 Å². The fraction of sp³-hybridized carbons (Fsp3) is 0.600. The van der Waals surface area contributed by atoms with Gasteiger partial charge in [0.25, 0.3) is 5.69 Å². The molecule has 1 aromatic rings. The van der Waals surface area contributed by atoms with E-state index in [1.165, 1.54) is 32.1 Å². The van der Waals surface area contributed by atoms with Crippen molar-refractivity contribution >= 4 is 27.3 Å². The summed E-state index contributed by atoms with van der Waals surface area (Å²) in [7, 11) is 0. The Bertz CT molecular complexity index is 521. The van der Waals surface area contributed by atoms with Crippen LogP contribution >= 0.6 is 15.9 Å². The van der Waals surface area contributed by atoms with Crippen LogP contribution in [0.3, 0.4) is 0 Å². The zero-order chi connectivity index (χ0) is 14.1. The Morgan fingerprint density at radius 3 is 2.85 bits per heavy atom. The number of hydrogen-bond acceptors (Lipinski definition) is 3. The number of fused-ring (bicyclic) bond motifs is 1. The summed E-state index contributed by atoms with van der Waals surface area (Å²) in [5.74, 6) is 0.825. The molecule has 108 valence electrons. The molecule has 0 aromatic heterocycles. The van der Waals surface area contributed by atoms with Gasteiger partial charge in [-0.3, -0.25) is 10.1 Å². The molecule has 0 bridgehead atoms. The molecule has 1 aliphatic heterocycles. The first-order valence-electron chi connectivity index (χ1n) is 7.30. The molecule has 1 heterocycles. The summed E-state index contributed by atoms with van der Waals surface area (Å²) in [4.78, 5) is 13.2. The lowest BCUT2D eigenvalue weighted by Crippen LogP contribution is -2.34. The Morgan fingerprint density at radius 2 is 2.10 bits per heavy atom. The molecule has 20 heavy (non-hydrogen) atoms. The van der Waals surface area contributed by atoms with E-state index in [1.807, 2.05) is 12.1 Å². The second-order valence-electron chi connectivity index (χ2n) is 5.80. The third-order valence-corrected chi connectivity index (χ3v) is 5.35. The van der Waals surface area contributed by atoms with Crippen LogP contribution in [-0.2, 0) is 5.33 Å². The van der Waals surface area contributed by atoms with Gasteiger partial charge >= 0.3 is 0 Å². The number of benzene rings is 1. The second-order valence-corrected chi connectivity index (χ2v) is 6.36. The molecule has 3 rings (SSSR count). The maximum atomic E-state index is 11.0. The minimum Gasteiger partial charge on any atom is -0.368 e. The van der Waals surface area contributed by atoms with E-state index in [0.717, 1.165) is 23.7 Å². The molecule has 2 atom stereocenters. The first kappa shape index (κ1) is 13.9. The van der Waals surface area contributed by atoms with Crippen molar-refractivity contribution in [3.63, 3.8) is 0 Å². The first-order valence-corrected chi connectivity index (χ1v) is 8.43. The SMILES string of the molecule is O=[N+]([O-])c1ccc(N2CCC3CCCCC32)cc1CBr. The highest BCUT2D eigenvalue weighted by atomic mass is 79.9. The van der Waals surface area contributed by atoms with E-state index in [4.69, 9.17) is 0 Å². The zero-order valence-corrected chi connectivity index (χ0v) is 13.0. The van der Waals surface area contributed by atoms with Crippen molar-refractivity contribution in [2.24, 2.45) is 5.92 Å². The van der Waals surface area contributed by atoms with Crippen molar-refractivity contribution in [2.75, 3.05) is 11.4 Å². The van der Waals surface area contributed by atoms with Gasteiger partial charge in [0, 0.05) is 35.2 Å². The predicted octanol–water partition coefficient (Wildman–Crippen LogP) is 4.26. The summed E-state index contributed by atoms with van der Waals surface area (Å²) in [6, 6.07) is 6.21. The highest BCUT2D eigenvalue weighted by Crippen LogP contribution is 2.39. The van der Waals surface area contributed by atoms with Crippen molar-refractivity contribution < 1.29 is 4.92 Å². The molecule has 0 radical (unpaired) electrons. The molecule has 0 spiro atoms. The van der Waals surface area contributed by atoms with E-state index in [1.54, 1.807) is 6.07 Å². The van der Waals surface area contributed by atoms with Gasteiger partial charge < -0.3 is 4.90 Å². The summed E-state index contributed by atoms with van der Waals surface area (Å²) >= 11 is 3.37. The van der Waals surface area contributed by atoms with E-state index < -0.39 is 0 Å². The largest absolute Gasteiger partial charge is 0.368 e. The van der Waals surface area contributed by atoms with Gasteiger partial charge in [-0.25, -0.2) is 0 Å². The van der Waals surface area contributed by atoms with Crippen molar-refractivity contribution in [3.8, 4) is 0 Å². The summed E-state index contributed by atoms with van der Waals surface area (Å²) < 4.78 is 0. The molecular formula is C15H19BrN2O2. The maximum absolute atomic E-state index is 11.0. The number of alkyl halides is 1. The molecule has 0 N–H and O–H groups in total. The van der Waals surface area contributed by atoms with E-state index in [-0.39, 0.29) is 10.6 Å². The lowest BCUT2D eigenvalue weighted by atomic mass is 9.85. The second kappa shape index (κ2) is 5.72. The number of hydrogen-bond donors (Lipinski definition) is 0. The Labute approximate surface area is 127 Å². The molecule has 2 fully saturated rings. The molecular weight excluding hydrogens is 320 g/mol. The van der Waals surface area contributed by atoms with Crippen LogP contribution in [-0.4, -0.2) is 17.5 Å². The van der Waals surface area contributed by atoms with E-state index in [9.17, 15) is 10.1 Å². The van der Waals surface area contributed by atoms with Crippen LogP contribution in [0.5, 0.6) is 0 Å². The van der Waals surface area contributed by atoms with Crippen molar-refractivity contribution in [1.29, 1.82) is 0 Å². The quantitative estimate of drug-likeness (QED) is 0.470. The third-order valence-electron chi connectivity index (χ3n) is 4.75. The minimum absolute atomic E-state index is 0.213. The lowest BCUT2D eigenvalue weighted by Gasteiger charge is -2.33. The summed E-state index contributed by atoms with van der Waals surface area (Å²) in [5.41, 5.74) is 2.14. The fourth-order valence-electron chi connectivity index (χ4n) is 3.76. The van der Waals surface area contributed by atoms with Gasteiger partial charge in [-0.05, 0) is 37.3 Å². The molecule has 5 heteroatoms. The topological polar surface area (TPSA) is 46.4 Å². The van der Waals surface area contributed by atoms with Crippen LogP contribution in [0.15, 0.2) is 18.2 Å². The smallest absolute Gasteiger partial charge is 0.273 e. The Balaban J connectivity index is 1.89. The molecule has 1 aromatic carbocycles. The van der Waals surface area contributed by atoms with Crippen LogP contribution in [0.1, 0.15) is 37.7 Å². The number of nitro benzene ring substituents is 1. The van der Waals surface area contributed by atoms with Gasteiger partial charge in [0.2, 0.25) is 0 Å². The number of anilines is 1. The molecule has 1 aliphatic carbocycles. The fourth-order valence-corrected chi connectivity index (χ4v) is 4.21. The number of nitrogens with zero attached hydrogens (tertiary/aromatic N) is 2. The Morgan fingerprint density at radius 1 is 1.30 bits per heavy atom. The van der Waals surface area contributed by atoms with Crippen LogP contribution in [0.2, 0.25) is 0 Å². The Hall–Kier alpha value is -1.10. The maximum Gasteiger partial charge on any atom is 0.273 e. The van der Waals surface area contributed by atoms with E-state index in [2.05, 4.69) is 20.8 Å². The summed E-state index contributed by atoms with van der Waals surface area (Å²) in [6.07, 6.45) is 6.56. The third kappa shape index (κ3) is 2.43. The van der Waals surface area contributed by atoms with Crippen molar-refractivity contribution in [3.05, 3.63) is 33.9 Å². The first-order chi connectivity index (χ1) is 9.70. The standard InChI is InChI=1S/C15H19BrN2O2/c16-10-12-9-13(5-6-15(12)18(19)20)17-8-7-11-3-1-2-4-14(11)17/h5-6,9,11,14H,1-4,7-8,10H2. The molecule has 0 amide bonds. The lowest BCUT2D eigenvalue weighted by molar-refractivity contribution is -0.385. The normalized spacial score (nSPS) is 25.6. The summed E-state index contributed by atoms with van der Waals surface area (Å²) in [5, 5.41) is 11.5. The van der Waals surface area contributed by atoms with Crippen LogP contribution in [0.4, 0.5) is 11.4 Å². The van der Waals surface area contributed by atoms with Gasteiger partial charge in [-0.2, -0.15) is 0 Å². The van der Waals surface area contributed by atoms with Gasteiger partial charge in [-0.15, -0.1) is 0 Å². The van der Waals surface area contributed by atoms with Gasteiger partial charge in [0.05, 0.1) is 4.92 Å². The zero-order valence-electron chi connectivity index (χ0n) is 11.4. The van der Waals surface area contributed by atoms with E-state index >= 15 is 0 Å². The average molecular weight is 339 g/mol. The van der Waals surface area contributed by atoms with Crippen LogP contribution in [0, 0.1) is 16.0 Å². The minimum atomic E-state index is -0.298. The molecule has 2 aliphatic rings. The number of rotatable bonds is 3. The molecule has 1 saturated heterocycles. The number of nitro groups is 1. The Kier molecular flexibility index (Phi) is 3.96. The molecule has 4 nitrogen and oxygen atoms in total. The molecule has 1 saturated carbocycles. The van der Waals surface area contributed by atoms with Crippen LogP contribution in [0.25, 0.3) is 0 Å². The highest BCUT2D eigenvalue weighted by Gasteiger charge is 2.36. The van der Waals surface area contributed by atoms with Gasteiger partial charge in [-0.1, -0.05) is 28.8 Å². The van der Waals surface area contributed by atoms with Crippen LogP contribution < -0.4 is 4.90 Å². The molecule has 2 unspecified atom stereocenters. The van der Waals surface area contributed by atoms with E-state index in [0.29, 0.717) is 11.4 Å². The highest BCUT2D eigenvalue weighted by molar-refractivity contribution is 9.08. The average Bonchev–Trinajstić information content (AvgIpc) is 2.90. The van der Waals surface area contributed by atoms with Crippen molar-refractivity contribution in [1.82, 2.24) is 0 Å².